The van der Waals surface area contributed by atoms with Gasteiger partial charge < -0.3 is 9.73 Å². The molecule has 1 heterocycles. The van der Waals surface area contributed by atoms with E-state index < -0.39 is 0 Å². The highest BCUT2D eigenvalue weighted by molar-refractivity contribution is 14.1. The van der Waals surface area contributed by atoms with Gasteiger partial charge in [0.15, 0.2) is 5.76 Å². The van der Waals surface area contributed by atoms with Crippen molar-refractivity contribution in [2.75, 3.05) is 5.32 Å². The van der Waals surface area contributed by atoms with Crippen molar-refractivity contribution >= 4 is 50.1 Å². The number of amides is 1. The van der Waals surface area contributed by atoms with Crippen LogP contribution in [0.25, 0.3) is 22.8 Å². The van der Waals surface area contributed by atoms with Crippen LogP contribution in [0.4, 0.5) is 5.69 Å². The van der Waals surface area contributed by atoms with Gasteiger partial charge in [-0.25, -0.2) is 4.98 Å². The van der Waals surface area contributed by atoms with Crippen molar-refractivity contribution in [2.24, 2.45) is 0 Å². The molecule has 3 aromatic carbocycles. The molecule has 1 aromatic heterocycles. The molecule has 1 amide bonds. The van der Waals surface area contributed by atoms with E-state index in [1.54, 1.807) is 12.3 Å². The van der Waals surface area contributed by atoms with E-state index in [4.69, 9.17) is 4.42 Å². The Balaban J connectivity index is 1.65. The number of hydrogen-bond acceptors (Lipinski definition) is 3. The third-order valence-electron chi connectivity index (χ3n) is 4.12. The SMILES string of the molecule is O=C(Nc1ccc(I)cc1)c1ccccc1-c1ncc(-c2cccc(Br)c2)o1. The summed E-state index contributed by atoms with van der Waals surface area (Å²) < 4.78 is 8.02. The quantitative estimate of drug-likeness (QED) is 0.293. The lowest BCUT2D eigenvalue weighted by Gasteiger charge is -2.08. The molecule has 0 radical (unpaired) electrons. The van der Waals surface area contributed by atoms with Gasteiger partial charge in [-0.3, -0.25) is 4.79 Å². The number of nitrogens with zero attached hydrogens (tertiary/aromatic N) is 1. The van der Waals surface area contributed by atoms with Gasteiger partial charge in [0.05, 0.1) is 11.8 Å². The molecule has 0 saturated carbocycles. The van der Waals surface area contributed by atoms with Crippen molar-refractivity contribution in [1.82, 2.24) is 4.98 Å². The summed E-state index contributed by atoms with van der Waals surface area (Å²) in [6, 6.07) is 22.7. The first kappa shape index (κ1) is 18.9. The smallest absolute Gasteiger partial charge is 0.256 e. The highest BCUT2D eigenvalue weighted by atomic mass is 127. The van der Waals surface area contributed by atoms with Gasteiger partial charge in [0.2, 0.25) is 5.89 Å². The summed E-state index contributed by atoms with van der Waals surface area (Å²) in [7, 11) is 0. The maximum Gasteiger partial charge on any atom is 0.256 e. The van der Waals surface area contributed by atoms with Gasteiger partial charge >= 0.3 is 0 Å². The number of hydrogen-bond donors (Lipinski definition) is 1. The molecule has 0 aliphatic rings. The summed E-state index contributed by atoms with van der Waals surface area (Å²) >= 11 is 5.69. The van der Waals surface area contributed by atoms with Crippen molar-refractivity contribution in [1.29, 1.82) is 0 Å². The number of nitrogens with one attached hydrogen (secondary N) is 1. The number of halogens is 2. The predicted octanol–water partition coefficient (Wildman–Crippen LogP) is 6.63. The first-order valence-corrected chi connectivity index (χ1v) is 10.4. The average molecular weight is 545 g/mol. The lowest BCUT2D eigenvalue weighted by Crippen LogP contribution is -2.13. The van der Waals surface area contributed by atoms with Gasteiger partial charge in [-0.05, 0) is 71.1 Å². The zero-order chi connectivity index (χ0) is 19.5. The van der Waals surface area contributed by atoms with Crippen molar-refractivity contribution in [3.8, 4) is 22.8 Å². The Morgan fingerprint density at radius 1 is 1.00 bits per heavy atom. The molecule has 0 saturated heterocycles. The van der Waals surface area contributed by atoms with Crippen molar-refractivity contribution < 1.29 is 9.21 Å². The highest BCUT2D eigenvalue weighted by Gasteiger charge is 2.17. The molecule has 1 N–H and O–H groups in total. The average Bonchev–Trinajstić information content (AvgIpc) is 3.20. The minimum Gasteiger partial charge on any atom is -0.436 e. The maximum absolute atomic E-state index is 12.8. The van der Waals surface area contributed by atoms with Gasteiger partial charge in [-0.2, -0.15) is 0 Å². The summed E-state index contributed by atoms with van der Waals surface area (Å²) in [6.45, 7) is 0. The molecule has 0 spiro atoms. The molecule has 0 aliphatic carbocycles. The third kappa shape index (κ3) is 4.18. The molecule has 0 unspecified atom stereocenters. The molecule has 0 bridgehead atoms. The molecule has 4 aromatic rings. The van der Waals surface area contributed by atoms with E-state index in [-0.39, 0.29) is 5.91 Å². The minimum atomic E-state index is -0.209. The van der Waals surface area contributed by atoms with Crippen molar-refractivity contribution in [3.05, 3.63) is 92.6 Å². The van der Waals surface area contributed by atoms with Crippen molar-refractivity contribution in [2.45, 2.75) is 0 Å². The Kier molecular flexibility index (Phi) is 5.59. The second-order valence-electron chi connectivity index (χ2n) is 6.05. The molecule has 138 valence electrons. The standard InChI is InChI=1S/C22H14BrIN2O2/c23-15-5-3-4-14(12-15)20-13-25-22(28-20)19-7-2-1-6-18(19)21(27)26-17-10-8-16(24)9-11-17/h1-13H,(H,26,27). The number of benzene rings is 3. The number of rotatable bonds is 4. The van der Waals surface area contributed by atoms with Crippen LogP contribution in [0.5, 0.6) is 0 Å². The molecule has 28 heavy (non-hydrogen) atoms. The van der Waals surface area contributed by atoms with Crippen molar-refractivity contribution in [3.63, 3.8) is 0 Å². The fourth-order valence-electron chi connectivity index (χ4n) is 2.77. The molecular weight excluding hydrogens is 531 g/mol. The van der Waals surface area contributed by atoms with Crippen LogP contribution in [0.2, 0.25) is 0 Å². The van der Waals surface area contributed by atoms with Gasteiger partial charge in [0, 0.05) is 24.9 Å². The van der Waals surface area contributed by atoms with Crippen LogP contribution in [-0.2, 0) is 0 Å². The molecular formula is C22H14BrIN2O2. The Hall–Kier alpha value is -2.45. The third-order valence-corrected chi connectivity index (χ3v) is 5.33. The lowest BCUT2D eigenvalue weighted by atomic mass is 10.1. The van der Waals surface area contributed by atoms with E-state index in [0.29, 0.717) is 22.8 Å². The largest absolute Gasteiger partial charge is 0.436 e. The Bertz CT molecular complexity index is 1140. The summed E-state index contributed by atoms with van der Waals surface area (Å²) in [4.78, 5) is 17.2. The van der Waals surface area contributed by atoms with Crippen LogP contribution in [0.1, 0.15) is 10.4 Å². The van der Waals surface area contributed by atoms with Gasteiger partial charge in [-0.15, -0.1) is 0 Å². The summed E-state index contributed by atoms with van der Waals surface area (Å²) in [6.07, 6.45) is 1.67. The zero-order valence-corrected chi connectivity index (χ0v) is 18.3. The highest BCUT2D eigenvalue weighted by Crippen LogP contribution is 2.29. The van der Waals surface area contributed by atoms with Crippen LogP contribution in [-0.4, -0.2) is 10.9 Å². The zero-order valence-electron chi connectivity index (χ0n) is 14.5. The second kappa shape index (κ2) is 8.28. The number of oxazole rings is 1. The molecule has 0 atom stereocenters. The number of carbonyl (C=O) groups is 1. The molecule has 4 nitrogen and oxygen atoms in total. The number of aromatic nitrogens is 1. The predicted molar refractivity (Wildman–Crippen MR) is 122 cm³/mol. The summed E-state index contributed by atoms with van der Waals surface area (Å²) in [5.74, 6) is 0.839. The number of anilines is 1. The van der Waals surface area contributed by atoms with Crippen LogP contribution in [0.15, 0.2) is 87.9 Å². The van der Waals surface area contributed by atoms with E-state index in [2.05, 4.69) is 48.8 Å². The van der Waals surface area contributed by atoms with E-state index in [9.17, 15) is 4.79 Å². The monoisotopic (exact) mass is 544 g/mol. The first-order chi connectivity index (χ1) is 13.6. The van der Waals surface area contributed by atoms with Gasteiger partial charge in [0.1, 0.15) is 0 Å². The Morgan fingerprint density at radius 3 is 2.57 bits per heavy atom. The molecule has 0 aliphatic heterocycles. The van der Waals surface area contributed by atoms with Gasteiger partial charge in [0.25, 0.3) is 5.91 Å². The first-order valence-electron chi connectivity index (χ1n) is 8.48. The van der Waals surface area contributed by atoms with E-state index in [0.717, 1.165) is 19.3 Å². The Morgan fingerprint density at radius 2 is 1.79 bits per heavy atom. The van der Waals surface area contributed by atoms with Crippen LogP contribution in [0, 0.1) is 3.57 Å². The van der Waals surface area contributed by atoms with Crippen LogP contribution in [0.3, 0.4) is 0 Å². The normalized spacial score (nSPS) is 10.6. The fourth-order valence-corrected chi connectivity index (χ4v) is 3.53. The summed E-state index contributed by atoms with van der Waals surface area (Å²) in [5, 5.41) is 2.92. The molecule has 6 heteroatoms. The second-order valence-corrected chi connectivity index (χ2v) is 8.21. The number of carbonyl (C=O) groups excluding carboxylic acids is 1. The Labute approximate surface area is 184 Å². The summed E-state index contributed by atoms with van der Waals surface area (Å²) in [5.41, 5.74) is 2.80. The fraction of sp³-hybridized carbons (Fsp3) is 0. The van der Waals surface area contributed by atoms with Crippen LogP contribution < -0.4 is 5.32 Å². The van der Waals surface area contributed by atoms with Gasteiger partial charge in [-0.1, -0.05) is 40.2 Å². The molecule has 0 fully saturated rings. The van der Waals surface area contributed by atoms with E-state index >= 15 is 0 Å². The van der Waals surface area contributed by atoms with E-state index in [1.807, 2.05) is 66.7 Å². The van der Waals surface area contributed by atoms with Crippen LogP contribution >= 0.6 is 38.5 Å². The minimum absolute atomic E-state index is 0.209. The maximum atomic E-state index is 12.8. The molecule has 4 rings (SSSR count). The lowest BCUT2D eigenvalue weighted by molar-refractivity contribution is 0.102. The van der Waals surface area contributed by atoms with E-state index in [1.165, 1.54) is 0 Å². The topological polar surface area (TPSA) is 55.1 Å².